The van der Waals surface area contributed by atoms with Crippen LogP contribution in [-0.2, 0) is 20.3 Å². The molecule has 0 spiro atoms. The standard InChI is InChI=1S/C19H26ClN3O5S/c1-12(2)10-15(21-17(24)28-19(3,4)5)16-22-23-18(27-16)29(25,26)11-13-8-6-7-9-14(13)20/h6-9,12,15H,10-11H2,1-5H3,(H,21,24). The first-order valence-corrected chi connectivity index (χ1v) is 11.2. The molecule has 8 nitrogen and oxygen atoms in total. The first-order chi connectivity index (χ1) is 13.4. The molecule has 1 unspecified atom stereocenters. The van der Waals surface area contributed by atoms with Gasteiger partial charge in [0, 0.05) is 5.02 Å². The second-order valence-corrected chi connectivity index (χ2v) is 10.4. The molecule has 2 aromatic rings. The van der Waals surface area contributed by atoms with E-state index in [0.717, 1.165) is 0 Å². The summed E-state index contributed by atoms with van der Waals surface area (Å²) < 4.78 is 36.0. The minimum Gasteiger partial charge on any atom is -0.444 e. The molecule has 0 saturated heterocycles. The number of carbonyl (C=O) groups is 1. The predicted molar refractivity (Wildman–Crippen MR) is 108 cm³/mol. The third-order valence-electron chi connectivity index (χ3n) is 3.69. The molecule has 0 saturated carbocycles. The van der Waals surface area contributed by atoms with Crippen molar-refractivity contribution in [3.05, 3.63) is 40.7 Å². The summed E-state index contributed by atoms with van der Waals surface area (Å²) in [5.41, 5.74) is -0.246. The summed E-state index contributed by atoms with van der Waals surface area (Å²) in [6.45, 7) is 9.15. The van der Waals surface area contributed by atoms with Crippen LogP contribution >= 0.6 is 11.6 Å². The first-order valence-electron chi connectivity index (χ1n) is 9.16. The Hall–Kier alpha value is -2.13. The van der Waals surface area contributed by atoms with Crippen molar-refractivity contribution in [2.24, 2.45) is 5.92 Å². The van der Waals surface area contributed by atoms with Gasteiger partial charge in [0.25, 0.3) is 0 Å². The number of hydrogen-bond acceptors (Lipinski definition) is 7. The molecule has 0 aliphatic rings. The second kappa shape index (κ2) is 9.13. The molecule has 1 aromatic heterocycles. The quantitative estimate of drug-likeness (QED) is 0.678. The van der Waals surface area contributed by atoms with Crippen molar-refractivity contribution < 1.29 is 22.4 Å². The van der Waals surface area contributed by atoms with E-state index in [0.29, 0.717) is 17.0 Å². The zero-order valence-electron chi connectivity index (χ0n) is 17.1. The largest absolute Gasteiger partial charge is 0.444 e. The summed E-state index contributed by atoms with van der Waals surface area (Å²) in [5.74, 6) is -0.199. The Morgan fingerprint density at radius 3 is 2.48 bits per heavy atom. The van der Waals surface area contributed by atoms with Gasteiger partial charge in [0.15, 0.2) is 0 Å². The van der Waals surface area contributed by atoms with Crippen LogP contribution in [0, 0.1) is 5.92 Å². The minimum atomic E-state index is -3.90. The van der Waals surface area contributed by atoms with Crippen LogP contribution in [0.1, 0.15) is 58.5 Å². The van der Waals surface area contributed by atoms with Crippen LogP contribution in [0.2, 0.25) is 5.02 Å². The number of alkyl carbamates (subject to hydrolysis) is 1. The molecule has 0 fully saturated rings. The van der Waals surface area contributed by atoms with Crippen molar-refractivity contribution in [3.8, 4) is 0 Å². The smallest absolute Gasteiger partial charge is 0.408 e. The van der Waals surface area contributed by atoms with E-state index in [4.69, 9.17) is 20.8 Å². The van der Waals surface area contributed by atoms with E-state index in [1.807, 2.05) is 13.8 Å². The van der Waals surface area contributed by atoms with Crippen LogP contribution in [0.25, 0.3) is 0 Å². The number of amides is 1. The topological polar surface area (TPSA) is 111 Å². The van der Waals surface area contributed by atoms with E-state index in [9.17, 15) is 13.2 Å². The van der Waals surface area contributed by atoms with Crippen LogP contribution in [-0.4, -0.2) is 30.3 Å². The summed E-state index contributed by atoms with van der Waals surface area (Å²) in [5, 5.41) is 10.0. The molecule has 1 amide bonds. The van der Waals surface area contributed by atoms with E-state index in [1.165, 1.54) is 0 Å². The highest BCUT2D eigenvalue weighted by Gasteiger charge is 2.29. The maximum absolute atomic E-state index is 12.7. The average Bonchev–Trinajstić information content (AvgIpc) is 3.05. The summed E-state index contributed by atoms with van der Waals surface area (Å²) >= 11 is 6.05. The van der Waals surface area contributed by atoms with Gasteiger partial charge in [-0.15, -0.1) is 5.10 Å². The Bertz CT molecular complexity index is 951. The number of sulfone groups is 1. The van der Waals surface area contributed by atoms with Gasteiger partial charge in [-0.05, 0) is 44.7 Å². The molecule has 1 N–H and O–H groups in total. The molecule has 0 aliphatic heterocycles. The summed E-state index contributed by atoms with van der Waals surface area (Å²) in [7, 11) is -3.90. The lowest BCUT2D eigenvalue weighted by atomic mass is 10.0. The Kier molecular flexibility index (Phi) is 7.29. The lowest BCUT2D eigenvalue weighted by molar-refractivity contribution is 0.0487. The van der Waals surface area contributed by atoms with Crippen molar-refractivity contribution in [1.29, 1.82) is 0 Å². The zero-order chi connectivity index (χ0) is 21.8. The van der Waals surface area contributed by atoms with Crippen molar-refractivity contribution >= 4 is 27.5 Å². The van der Waals surface area contributed by atoms with Crippen LogP contribution in [0.3, 0.4) is 0 Å². The van der Waals surface area contributed by atoms with Gasteiger partial charge in [0.2, 0.25) is 15.7 Å². The lowest BCUT2D eigenvalue weighted by Gasteiger charge is -2.22. The molecule has 160 valence electrons. The van der Waals surface area contributed by atoms with E-state index < -0.39 is 32.8 Å². The van der Waals surface area contributed by atoms with Gasteiger partial charge in [0.05, 0.1) is 5.75 Å². The van der Waals surface area contributed by atoms with Gasteiger partial charge >= 0.3 is 11.3 Å². The van der Waals surface area contributed by atoms with E-state index in [-0.39, 0.29) is 17.6 Å². The molecule has 1 aromatic carbocycles. The summed E-state index contributed by atoms with van der Waals surface area (Å²) in [6.07, 6.45) is -0.187. The molecule has 2 rings (SSSR count). The fraction of sp³-hybridized carbons (Fsp3) is 0.526. The fourth-order valence-corrected chi connectivity index (χ4v) is 3.96. The fourth-order valence-electron chi connectivity index (χ4n) is 2.51. The minimum absolute atomic E-state index is 0.00212. The SMILES string of the molecule is CC(C)CC(NC(=O)OC(C)(C)C)c1nnc(S(=O)(=O)Cc2ccccc2Cl)o1. The van der Waals surface area contributed by atoms with Crippen molar-refractivity contribution in [2.45, 2.75) is 63.7 Å². The third-order valence-corrected chi connectivity index (χ3v) is 5.44. The van der Waals surface area contributed by atoms with Crippen LogP contribution < -0.4 is 5.32 Å². The average molecular weight is 444 g/mol. The van der Waals surface area contributed by atoms with Crippen LogP contribution in [0.5, 0.6) is 0 Å². The highest BCUT2D eigenvalue weighted by molar-refractivity contribution is 7.90. The number of rotatable bonds is 7. The Labute approximate surface area is 175 Å². The summed E-state index contributed by atoms with van der Waals surface area (Å²) in [4.78, 5) is 12.2. The number of carbonyl (C=O) groups excluding carboxylic acids is 1. The van der Waals surface area contributed by atoms with Gasteiger partial charge in [-0.1, -0.05) is 48.7 Å². The van der Waals surface area contributed by atoms with Gasteiger partial charge in [0.1, 0.15) is 11.6 Å². The first kappa shape index (κ1) is 23.2. The van der Waals surface area contributed by atoms with E-state index in [1.54, 1.807) is 45.0 Å². The van der Waals surface area contributed by atoms with Gasteiger partial charge in [-0.25, -0.2) is 13.2 Å². The number of hydrogen-bond donors (Lipinski definition) is 1. The number of ether oxygens (including phenoxy) is 1. The molecule has 0 radical (unpaired) electrons. The van der Waals surface area contributed by atoms with Crippen LogP contribution in [0.15, 0.2) is 33.9 Å². The highest BCUT2D eigenvalue weighted by Crippen LogP contribution is 2.25. The molecular formula is C19H26ClN3O5S. The Balaban J connectivity index is 2.23. The Morgan fingerprint density at radius 1 is 1.24 bits per heavy atom. The third kappa shape index (κ3) is 7.01. The number of nitrogens with one attached hydrogen (secondary N) is 1. The summed E-state index contributed by atoms with van der Waals surface area (Å²) in [6, 6.07) is 5.95. The normalized spacial score (nSPS) is 13.3. The number of benzene rings is 1. The molecular weight excluding hydrogens is 418 g/mol. The molecule has 0 bridgehead atoms. The molecule has 1 atom stereocenters. The maximum atomic E-state index is 12.7. The Morgan fingerprint density at radius 2 is 1.90 bits per heavy atom. The number of aromatic nitrogens is 2. The number of halogens is 1. The maximum Gasteiger partial charge on any atom is 0.408 e. The predicted octanol–water partition coefficient (Wildman–Crippen LogP) is 4.31. The molecule has 10 heteroatoms. The van der Waals surface area contributed by atoms with Gasteiger partial charge < -0.3 is 14.5 Å². The van der Waals surface area contributed by atoms with E-state index in [2.05, 4.69) is 15.5 Å². The van der Waals surface area contributed by atoms with Crippen molar-refractivity contribution in [3.63, 3.8) is 0 Å². The molecule has 1 heterocycles. The van der Waals surface area contributed by atoms with E-state index >= 15 is 0 Å². The monoisotopic (exact) mass is 443 g/mol. The van der Waals surface area contributed by atoms with Gasteiger partial charge in [-0.3, -0.25) is 0 Å². The highest BCUT2D eigenvalue weighted by atomic mass is 35.5. The lowest BCUT2D eigenvalue weighted by Crippen LogP contribution is -2.35. The molecule has 29 heavy (non-hydrogen) atoms. The van der Waals surface area contributed by atoms with Crippen LogP contribution in [0.4, 0.5) is 4.79 Å². The second-order valence-electron chi connectivity index (χ2n) is 8.09. The van der Waals surface area contributed by atoms with Crippen molar-refractivity contribution in [1.82, 2.24) is 15.5 Å². The van der Waals surface area contributed by atoms with Gasteiger partial charge in [-0.2, -0.15) is 0 Å². The molecule has 0 aliphatic carbocycles. The number of nitrogens with zero attached hydrogens (tertiary/aromatic N) is 2. The van der Waals surface area contributed by atoms with Crippen molar-refractivity contribution in [2.75, 3.05) is 0 Å². The zero-order valence-corrected chi connectivity index (χ0v) is 18.7.